The zero-order chi connectivity index (χ0) is 12.8. The van der Waals surface area contributed by atoms with Gasteiger partial charge in [0, 0.05) is 5.69 Å². The molecule has 0 saturated carbocycles. The predicted molar refractivity (Wildman–Crippen MR) is 66.5 cm³/mol. The number of hydrogen-bond acceptors (Lipinski definition) is 3. The van der Waals surface area contributed by atoms with Crippen molar-refractivity contribution in [1.82, 2.24) is 0 Å². The van der Waals surface area contributed by atoms with Crippen LogP contribution in [0.2, 0.25) is 0 Å². The van der Waals surface area contributed by atoms with Crippen molar-refractivity contribution < 1.29 is 14.3 Å². The van der Waals surface area contributed by atoms with Gasteiger partial charge in [-0.2, -0.15) is 0 Å². The molecule has 0 spiro atoms. The van der Waals surface area contributed by atoms with Crippen molar-refractivity contribution in [2.45, 2.75) is 11.8 Å². The van der Waals surface area contributed by atoms with Crippen molar-refractivity contribution in [2.24, 2.45) is 0 Å². The minimum absolute atomic E-state index is 0.293. The normalized spacial score (nSPS) is 10.1. The molecule has 0 saturated heterocycles. The fourth-order valence-electron chi connectivity index (χ4n) is 1.14. The fourth-order valence-corrected chi connectivity index (χ4v) is 1.24. The molecule has 0 atom stereocenters. The van der Waals surface area contributed by atoms with Crippen molar-refractivity contribution in [3.05, 3.63) is 29.8 Å². The van der Waals surface area contributed by atoms with Gasteiger partial charge in [0.2, 0.25) is 0 Å². The summed E-state index contributed by atoms with van der Waals surface area (Å²) in [6.07, 6.45) is 0. The molecule has 0 aliphatic carbocycles. The van der Waals surface area contributed by atoms with Crippen LogP contribution in [0.5, 0.6) is 0 Å². The summed E-state index contributed by atoms with van der Waals surface area (Å²) < 4.78 is 4.83. The number of alkyl halides is 2. The second-order valence-corrected chi connectivity index (χ2v) is 4.19. The van der Waals surface area contributed by atoms with E-state index < -0.39 is 16.7 Å². The number of amides is 1. The zero-order valence-electron chi connectivity index (χ0n) is 9.07. The Bertz CT molecular complexity index is 421. The van der Waals surface area contributed by atoms with Crippen LogP contribution in [0, 0.1) is 0 Å². The standard InChI is InChI=1S/C11H11Cl2NO3/c1-2-17-11(16)7-4-3-5-8(6-7)14-10(15)9(12)13/h3-6,9H,2H2,1H3,(H,14,15). The van der Waals surface area contributed by atoms with Crippen LogP contribution >= 0.6 is 23.2 Å². The van der Waals surface area contributed by atoms with E-state index in [-0.39, 0.29) is 0 Å². The highest BCUT2D eigenvalue weighted by Gasteiger charge is 2.12. The monoisotopic (exact) mass is 275 g/mol. The number of hydrogen-bond donors (Lipinski definition) is 1. The van der Waals surface area contributed by atoms with Crippen molar-refractivity contribution in [3.63, 3.8) is 0 Å². The average Bonchev–Trinajstić information content (AvgIpc) is 2.29. The molecule has 17 heavy (non-hydrogen) atoms. The van der Waals surface area contributed by atoms with Gasteiger partial charge in [-0.1, -0.05) is 29.3 Å². The van der Waals surface area contributed by atoms with Gasteiger partial charge < -0.3 is 10.1 Å². The molecule has 0 bridgehead atoms. The molecule has 6 heteroatoms. The first-order chi connectivity index (χ1) is 8.04. The maximum absolute atomic E-state index is 11.4. The molecule has 0 radical (unpaired) electrons. The lowest BCUT2D eigenvalue weighted by Crippen LogP contribution is -2.18. The van der Waals surface area contributed by atoms with Gasteiger partial charge in [0.15, 0.2) is 4.84 Å². The Morgan fingerprint density at radius 1 is 1.41 bits per heavy atom. The van der Waals surface area contributed by atoms with Crippen LogP contribution in [0.1, 0.15) is 17.3 Å². The summed E-state index contributed by atoms with van der Waals surface area (Å²) >= 11 is 10.8. The molecule has 1 aromatic rings. The lowest BCUT2D eigenvalue weighted by atomic mass is 10.2. The molecule has 0 fully saturated rings. The van der Waals surface area contributed by atoms with E-state index in [1.165, 1.54) is 6.07 Å². The van der Waals surface area contributed by atoms with Crippen LogP contribution in [0.4, 0.5) is 5.69 Å². The summed E-state index contributed by atoms with van der Waals surface area (Å²) in [5, 5.41) is 2.47. The van der Waals surface area contributed by atoms with E-state index >= 15 is 0 Å². The smallest absolute Gasteiger partial charge is 0.338 e. The van der Waals surface area contributed by atoms with Gasteiger partial charge in [-0.15, -0.1) is 0 Å². The maximum Gasteiger partial charge on any atom is 0.338 e. The van der Waals surface area contributed by atoms with Gasteiger partial charge in [0.05, 0.1) is 12.2 Å². The molecular formula is C11H11Cl2NO3. The highest BCUT2D eigenvalue weighted by molar-refractivity contribution is 6.54. The number of ether oxygens (including phenoxy) is 1. The van der Waals surface area contributed by atoms with Crippen LogP contribution < -0.4 is 5.32 Å². The van der Waals surface area contributed by atoms with E-state index in [9.17, 15) is 9.59 Å². The Balaban J connectivity index is 2.79. The summed E-state index contributed by atoms with van der Waals surface area (Å²) in [5.74, 6) is -0.994. The fraction of sp³-hybridized carbons (Fsp3) is 0.273. The Hall–Kier alpha value is -1.26. The van der Waals surface area contributed by atoms with Gasteiger partial charge in [-0.25, -0.2) is 4.79 Å². The number of carbonyl (C=O) groups excluding carboxylic acids is 2. The molecule has 4 nitrogen and oxygen atoms in total. The molecule has 0 heterocycles. The quantitative estimate of drug-likeness (QED) is 0.679. The second-order valence-electron chi connectivity index (χ2n) is 3.09. The number of esters is 1. The number of carbonyl (C=O) groups is 2. The van der Waals surface area contributed by atoms with Crippen LogP contribution in [-0.2, 0) is 9.53 Å². The maximum atomic E-state index is 11.4. The van der Waals surface area contributed by atoms with E-state index in [0.717, 1.165) is 0 Å². The van der Waals surface area contributed by atoms with Crippen molar-refractivity contribution in [2.75, 3.05) is 11.9 Å². The molecular weight excluding hydrogens is 265 g/mol. The van der Waals surface area contributed by atoms with E-state index in [0.29, 0.717) is 17.9 Å². The molecule has 92 valence electrons. The molecule has 0 unspecified atom stereocenters. The van der Waals surface area contributed by atoms with Crippen LogP contribution in [0.3, 0.4) is 0 Å². The topological polar surface area (TPSA) is 55.4 Å². The van der Waals surface area contributed by atoms with Crippen molar-refractivity contribution in [3.8, 4) is 0 Å². The van der Waals surface area contributed by atoms with Crippen molar-refractivity contribution >= 4 is 40.8 Å². The first-order valence-corrected chi connectivity index (χ1v) is 5.78. The van der Waals surface area contributed by atoms with E-state index in [1.54, 1.807) is 25.1 Å². The van der Waals surface area contributed by atoms with Gasteiger partial charge in [-0.3, -0.25) is 4.79 Å². The lowest BCUT2D eigenvalue weighted by Gasteiger charge is -2.07. The molecule has 1 N–H and O–H groups in total. The second kappa shape index (κ2) is 6.47. The first kappa shape index (κ1) is 13.8. The van der Waals surface area contributed by atoms with Gasteiger partial charge in [0.25, 0.3) is 5.91 Å². The minimum Gasteiger partial charge on any atom is -0.462 e. The Labute approximate surface area is 109 Å². The SMILES string of the molecule is CCOC(=O)c1cccc(NC(=O)C(Cl)Cl)c1. The molecule has 0 aromatic heterocycles. The third-order valence-corrected chi connectivity index (χ3v) is 2.24. The molecule has 0 aliphatic heterocycles. The van der Waals surface area contributed by atoms with Crippen LogP contribution in [-0.4, -0.2) is 23.3 Å². The van der Waals surface area contributed by atoms with Gasteiger partial charge in [0.1, 0.15) is 0 Å². The summed E-state index contributed by atoms with van der Waals surface area (Å²) in [7, 11) is 0. The van der Waals surface area contributed by atoms with E-state index in [4.69, 9.17) is 27.9 Å². The largest absolute Gasteiger partial charge is 0.462 e. The summed E-state index contributed by atoms with van der Waals surface area (Å²) in [4.78, 5) is 21.5. The summed E-state index contributed by atoms with van der Waals surface area (Å²) in [6.45, 7) is 2.01. The third-order valence-electron chi connectivity index (χ3n) is 1.84. The van der Waals surface area contributed by atoms with E-state index in [2.05, 4.69) is 5.32 Å². The summed E-state index contributed by atoms with van der Waals surface area (Å²) in [5.41, 5.74) is 0.789. The highest BCUT2D eigenvalue weighted by Crippen LogP contribution is 2.13. The number of nitrogens with one attached hydrogen (secondary N) is 1. The number of halogens is 2. The molecule has 1 aromatic carbocycles. The average molecular weight is 276 g/mol. The summed E-state index contributed by atoms with van der Waals surface area (Å²) in [6, 6.07) is 6.33. The Kier molecular flexibility index (Phi) is 5.25. The van der Waals surface area contributed by atoms with Crippen LogP contribution in [0.25, 0.3) is 0 Å². The Morgan fingerprint density at radius 3 is 2.71 bits per heavy atom. The lowest BCUT2D eigenvalue weighted by molar-refractivity contribution is -0.114. The number of rotatable bonds is 4. The highest BCUT2D eigenvalue weighted by atomic mass is 35.5. The molecule has 1 amide bonds. The Morgan fingerprint density at radius 2 is 2.12 bits per heavy atom. The van der Waals surface area contributed by atoms with Crippen LogP contribution in [0.15, 0.2) is 24.3 Å². The van der Waals surface area contributed by atoms with Crippen molar-refractivity contribution in [1.29, 1.82) is 0 Å². The van der Waals surface area contributed by atoms with E-state index in [1.807, 2.05) is 0 Å². The molecule has 1 rings (SSSR count). The minimum atomic E-state index is -1.15. The first-order valence-electron chi connectivity index (χ1n) is 4.90. The molecule has 0 aliphatic rings. The third kappa shape index (κ3) is 4.24. The predicted octanol–water partition coefficient (Wildman–Crippen LogP) is 2.61. The van der Waals surface area contributed by atoms with Gasteiger partial charge in [-0.05, 0) is 25.1 Å². The number of anilines is 1. The zero-order valence-corrected chi connectivity index (χ0v) is 10.6. The van der Waals surface area contributed by atoms with Gasteiger partial charge >= 0.3 is 5.97 Å². The number of benzene rings is 1.